The van der Waals surface area contributed by atoms with Crippen molar-refractivity contribution in [3.05, 3.63) is 64.2 Å². The Balaban J connectivity index is 1.24. The third kappa shape index (κ3) is 5.26. The number of fused-ring (bicyclic) bond motifs is 2. The molecule has 36 heavy (non-hydrogen) atoms. The van der Waals surface area contributed by atoms with Gasteiger partial charge in [0, 0.05) is 51.0 Å². The number of aliphatic hydroxyl groups excluding tert-OH is 1. The monoisotopic (exact) mass is 493 g/mol. The lowest BCUT2D eigenvalue weighted by Crippen LogP contribution is -2.49. The van der Waals surface area contributed by atoms with Gasteiger partial charge >= 0.3 is 0 Å². The van der Waals surface area contributed by atoms with Gasteiger partial charge in [0.25, 0.3) is 11.8 Å². The van der Waals surface area contributed by atoms with Gasteiger partial charge in [-0.2, -0.15) is 0 Å². The van der Waals surface area contributed by atoms with Gasteiger partial charge in [-0.05, 0) is 60.9 Å². The van der Waals surface area contributed by atoms with Gasteiger partial charge in [0.2, 0.25) is 0 Å². The molecule has 2 aromatic carbocycles. The molecule has 1 saturated heterocycles. The molecule has 0 aromatic heterocycles. The van der Waals surface area contributed by atoms with Crippen molar-refractivity contribution in [1.82, 2.24) is 15.5 Å². The number of aliphatic hydroxyl groups is 1. The number of carbonyl (C=O) groups is 2. The third-order valence-electron chi connectivity index (χ3n) is 7.50. The molecule has 192 valence electrons. The number of ether oxygens (including phenoxy) is 2. The molecular formula is C28H35N3O5. The second kappa shape index (κ2) is 11.0. The summed E-state index contributed by atoms with van der Waals surface area (Å²) in [6, 6.07) is 11.5. The van der Waals surface area contributed by atoms with E-state index in [1.165, 1.54) is 11.1 Å². The number of nitrogens with one attached hydrogen (secondary N) is 2. The van der Waals surface area contributed by atoms with Crippen LogP contribution in [0.5, 0.6) is 5.75 Å². The molecule has 2 aromatic rings. The van der Waals surface area contributed by atoms with Crippen LogP contribution in [0.4, 0.5) is 0 Å². The lowest BCUT2D eigenvalue weighted by Gasteiger charge is -2.30. The molecule has 0 aliphatic carbocycles. The Morgan fingerprint density at radius 3 is 2.78 bits per heavy atom. The first-order valence-electron chi connectivity index (χ1n) is 13.0. The van der Waals surface area contributed by atoms with Crippen LogP contribution in [-0.4, -0.2) is 66.9 Å². The summed E-state index contributed by atoms with van der Waals surface area (Å²) in [6.45, 7) is 5.73. The molecule has 0 radical (unpaired) electrons. The van der Waals surface area contributed by atoms with Crippen molar-refractivity contribution >= 4 is 11.8 Å². The standard InChI is InChI=1S/C28H35N3O5/c1-2-36-26-13-22-21(17-31(28(22)34)16-18-7-9-35-10-8-18)11-23(26)27(33)30-15-25(32)24-12-19-5-3-4-6-20(19)14-29-24/h3-6,11,13,18,24-25,29,32H,2,7-10,12,14-17H2,1H3,(H,30,33). The van der Waals surface area contributed by atoms with E-state index < -0.39 is 6.10 Å². The summed E-state index contributed by atoms with van der Waals surface area (Å²) >= 11 is 0. The second-order valence-corrected chi connectivity index (χ2v) is 9.92. The normalized spacial score (nSPS) is 20.6. The number of benzene rings is 2. The number of nitrogens with zero attached hydrogens (tertiary/aromatic N) is 1. The van der Waals surface area contributed by atoms with Crippen LogP contribution < -0.4 is 15.4 Å². The van der Waals surface area contributed by atoms with E-state index in [0.717, 1.165) is 31.6 Å². The first kappa shape index (κ1) is 24.7. The summed E-state index contributed by atoms with van der Waals surface area (Å²) in [6.07, 6.45) is 1.90. The zero-order chi connectivity index (χ0) is 25.1. The average molecular weight is 494 g/mol. The number of hydrogen-bond donors (Lipinski definition) is 3. The van der Waals surface area contributed by atoms with Crippen molar-refractivity contribution in [1.29, 1.82) is 0 Å². The summed E-state index contributed by atoms with van der Waals surface area (Å²) in [5, 5.41) is 17.0. The van der Waals surface area contributed by atoms with E-state index in [4.69, 9.17) is 9.47 Å². The summed E-state index contributed by atoms with van der Waals surface area (Å²) in [7, 11) is 0. The number of rotatable bonds is 8. The number of hydrogen-bond acceptors (Lipinski definition) is 6. The fourth-order valence-electron chi connectivity index (χ4n) is 5.43. The smallest absolute Gasteiger partial charge is 0.255 e. The Hall–Kier alpha value is -2.94. The van der Waals surface area contributed by atoms with Crippen molar-refractivity contribution in [3.8, 4) is 5.75 Å². The van der Waals surface area contributed by atoms with Crippen LogP contribution in [0, 0.1) is 5.92 Å². The number of carbonyl (C=O) groups excluding carboxylic acids is 2. The van der Waals surface area contributed by atoms with Crippen molar-refractivity contribution in [2.75, 3.05) is 32.9 Å². The second-order valence-electron chi connectivity index (χ2n) is 9.92. The summed E-state index contributed by atoms with van der Waals surface area (Å²) in [5.41, 5.74) is 4.30. The largest absolute Gasteiger partial charge is 0.493 e. The SMILES string of the molecule is CCOc1cc2c(cc1C(=O)NCC(O)C1Cc3ccccc3CN1)CN(CC1CCOCC1)C2=O. The van der Waals surface area contributed by atoms with Gasteiger partial charge in [-0.15, -0.1) is 0 Å². The first-order valence-corrected chi connectivity index (χ1v) is 13.0. The maximum absolute atomic E-state index is 13.2. The molecule has 2 atom stereocenters. The van der Waals surface area contributed by atoms with Crippen molar-refractivity contribution < 1.29 is 24.2 Å². The Morgan fingerprint density at radius 2 is 2.00 bits per heavy atom. The van der Waals surface area contributed by atoms with Crippen LogP contribution in [-0.2, 0) is 24.2 Å². The lowest BCUT2D eigenvalue weighted by molar-refractivity contribution is 0.0469. The number of amides is 2. The highest BCUT2D eigenvalue weighted by Crippen LogP contribution is 2.32. The highest BCUT2D eigenvalue weighted by Gasteiger charge is 2.32. The Bertz CT molecular complexity index is 1110. The minimum atomic E-state index is -0.733. The molecule has 3 N–H and O–H groups in total. The van der Waals surface area contributed by atoms with E-state index in [-0.39, 0.29) is 24.4 Å². The van der Waals surface area contributed by atoms with Gasteiger partial charge in [0.05, 0.1) is 18.3 Å². The van der Waals surface area contributed by atoms with Gasteiger partial charge in [-0.25, -0.2) is 0 Å². The van der Waals surface area contributed by atoms with E-state index in [1.54, 1.807) is 12.1 Å². The molecule has 0 bridgehead atoms. The predicted molar refractivity (Wildman–Crippen MR) is 135 cm³/mol. The minimum absolute atomic E-state index is 0.0107. The molecule has 0 saturated carbocycles. The molecule has 5 rings (SSSR count). The predicted octanol–water partition coefficient (Wildman–Crippen LogP) is 2.27. The third-order valence-corrected chi connectivity index (χ3v) is 7.50. The van der Waals surface area contributed by atoms with Crippen molar-refractivity contribution in [3.63, 3.8) is 0 Å². The fourth-order valence-corrected chi connectivity index (χ4v) is 5.43. The zero-order valence-electron chi connectivity index (χ0n) is 20.8. The molecule has 3 aliphatic rings. The van der Waals surface area contributed by atoms with E-state index in [1.807, 2.05) is 24.0 Å². The molecule has 2 amide bonds. The molecule has 8 nitrogen and oxygen atoms in total. The Labute approximate surface area is 212 Å². The molecule has 1 fully saturated rings. The van der Waals surface area contributed by atoms with Crippen LogP contribution in [0.15, 0.2) is 36.4 Å². The molecule has 3 heterocycles. The summed E-state index contributed by atoms with van der Waals surface area (Å²) < 4.78 is 11.2. The van der Waals surface area contributed by atoms with E-state index in [0.29, 0.717) is 55.5 Å². The van der Waals surface area contributed by atoms with E-state index in [9.17, 15) is 14.7 Å². The fraction of sp³-hybridized carbons (Fsp3) is 0.500. The van der Waals surface area contributed by atoms with Crippen LogP contribution in [0.1, 0.15) is 57.2 Å². The van der Waals surface area contributed by atoms with Crippen LogP contribution >= 0.6 is 0 Å². The summed E-state index contributed by atoms with van der Waals surface area (Å²) in [5.74, 6) is 0.512. The highest BCUT2D eigenvalue weighted by atomic mass is 16.5. The van der Waals surface area contributed by atoms with Gasteiger partial charge in [0.1, 0.15) is 5.75 Å². The molecular weight excluding hydrogens is 458 g/mol. The molecule has 3 aliphatic heterocycles. The maximum atomic E-state index is 13.2. The van der Waals surface area contributed by atoms with Crippen molar-refractivity contribution in [2.24, 2.45) is 5.92 Å². The van der Waals surface area contributed by atoms with Crippen LogP contribution in [0.25, 0.3) is 0 Å². The van der Waals surface area contributed by atoms with Crippen molar-refractivity contribution in [2.45, 2.75) is 51.4 Å². The topological polar surface area (TPSA) is 100 Å². The lowest BCUT2D eigenvalue weighted by atomic mass is 9.93. The average Bonchev–Trinajstić information content (AvgIpc) is 3.21. The van der Waals surface area contributed by atoms with Crippen LogP contribution in [0.2, 0.25) is 0 Å². The Morgan fingerprint density at radius 1 is 1.22 bits per heavy atom. The van der Waals surface area contributed by atoms with E-state index >= 15 is 0 Å². The summed E-state index contributed by atoms with van der Waals surface area (Å²) in [4.78, 5) is 28.1. The Kier molecular flexibility index (Phi) is 7.55. The molecule has 8 heteroatoms. The minimum Gasteiger partial charge on any atom is -0.493 e. The highest BCUT2D eigenvalue weighted by molar-refractivity contribution is 6.03. The van der Waals surface area contributed by atoms with Crippen LogP contribution in [0.3, 0.4) is 0 Å². The quantitative estimate of drug-likeness (QED) is 0.522. The van der Waals surface area contributed by atoms with Gasteiger partial charge in [-0.3, -0.25) is 9.59 Å². The van der Waals surface area contributed by atoms with Gasteiger partial charge < -0.3 is 30.1 Å². The molecule has 2 unspecified atom stereocenters. The zero-order valence-corrected chi connectivity index (χ0v) is 20.8. The maximum Gasteiger partial charge on any atom is 0.255 e. The first-order chi connectivity index (χ1) is 17.5. The van der Waals surface area contributed by atoms with Gasteiger partial charge in [0.15, 0.2) is 0 Å². The van der Waals surface area contributed by atoms with Gasteiger partial charge in [-0.1, -0.05) is 24.3 Å². The van der Waals surface area contributed by atoms with E-state index in [2.05, 4.69) is 22.8 Å². The molecule has 0 spiro atoms.